The highest BCUT2D eigenvalue weighted by atomic mass is 16.5. The molecule has 1 aromatic rings. The Kier molecular flexibility index (Phi) is 5.49. The van der Waals surface area contributed by atoms with Crippen LogP contribution in [-0.4, -0.2) is 46.7 Å². The lowest BCUT2D eigenvalue weighted by Gasteiger charge is -2.21. The number of nitrogens with one attached hydrogen (secondary N) is 1. The fourth-order valence-corrected chi connectivity index (χ4v) is 2.69. The molecular weight excluding hydrogens is 308 g/mol. The number of nitrogens with zero attached hydrogens (tertiary/aromatic N) is 1. The van der Waals surface area contributed by atoms with E-state index in [2.05, 4.69) is 19.2 Å². The Hall–Kier alpha value is -2.08. The Balaban J connectivity index is 1.96. The first-order valence-corrected chi connectivity index (χ1v) is 8.32. The minimum Gasteiger partial charge on any atom is -0.491 e. The van der Waals surface area contributed by atoms with Crippen LogP contribution in [0.25, 0.3) is 0 Å². The van der Waals surface area contributed by atoms with Gasteiger partial charge in [0, 0.05) is 0 Å². The highest BCUT2D eigenvalue weighted by Gasteiger charge is 2.46. The lowest BCUT2D eigenvalue weighted by Crippen LogP contribution is -2.44. The van der Waals surface area contributed by atoms with Crippen LogP contribution in [-0.2, 0) is 4.79 Å². The maximum Gasteiger partial charge on any atom is 0.325 e. The largest absolute Gasteiger partial charge is 0.491 e. The number of aliphatic hydroxyl groups excluding tert-OH is 1. The summed E-state index contributed by atoms with van der Waals surface area (Å²) in [7, 11) is 0. The van der Waals surface area contributed by atoms with Crippen molar-refractivity contribution in [2.45, 2.75) is 51.7 Å². The molecule has 0 aliphatic carbocycles. The molecule has 0 saturated carbocycles. The van der Waals surface area contributed by atoms with Crippen LogP contribution in [0, 0.1) is 0 Å². The average Bonchev–Trinajstić information content (AvgIpc) is 2.77. The molecular formula is C18H26N2O4. The molecule has 24 heavy (non-hydrogen) atoms. The number of para-hydroxylation sites is 1. The van der Waals surface area contributed by atoms with Crippen molar-refractivity contribution < 1.29 is 19.4 Å². The molecule has 1 fully saturated rings. The monoisotopic (exact) mass is 334 g/mol. The van der Waals surface area contributed by atoms with Crippen molar-refractivity contribution in [1.82, 2.24) is 10.2 Å². The lowest BCUT2D eigenvalue weighted by molar-refractivity contribution is -0.132. The molecule has 2 atom stereocenters. The van der Waals surface area contributed by atoms with E-state index < -0.39 is 17.7 Å². The van der Waals surface area contributed by atoms with E-state index in [-0.39, 0.29) is 19.1 Å². The van der Waals surface area contributed by atoms with Crippen LogP contribution < -0.4 is 10.1 Å². The van der Waals surface area contributed by atoms with E-state index in [4.69, 9.17) is 4.74 Å². The first-order valence-electron chi connectivity index (χ1n) is 8.32. The number of hydrogen-bond donors (Lipinski definition) is 2. The molecule has 0 aromatic heterocycles. The molecule has 2 unspecified atom stereocenters. The van der Waals surface area contributed by atoms with Gasteiger partial charge in [0.05, 0.1) is 6.54 Å². The van der Waals surface area contributed by atoms with Gasteiger partial charge in [-0.05, 0) is 30.9 Å². The Bertz CT molecular complexity index is 617. The van der Waals surface area contributed by atoms with Gasteiger partial charge in [0.1, 0.15) is 24.0 Å². The van der Waals surface area contributed by atoms with Gasteiger partial charge in [-0.25, -0.2) is 4.79 Å². The number of rotatable bonds is 7. The van der Waals surface area contributed by atoms with Crippen molar-refractivity contribution in [3.05, 3.63) is 29.8 Å². The minimum absolute atomic E-state index is 0.0175. The second-order valence-corrected chi connectivity index (χ2v) is 6.69. The van der Waals surface area contributed by atoms with E-state index in [1.165, 1.54) is 0 Å². The summed E-state index contributed by atoms with van der Waals surface area (Å²) < 4.78 is 5.70. The molecule has 1 aromatic carbocycles. The Morgan fingerprint density at radius 3 is 2.54 bits per heavy atom. The molecule has 1 saturated heterocycles. The minimum atomic E-state index is -0.945. The van der Waals surface area contributed by atoms with Crippen molar-refractivity contribution >= 4 is 11.9 Å². The third kappa shape index (κ3) is 3.70. The van der Waals surface area contributed by atoms with Crippen molar-refractivity contribution in [2.24, 2.45) is 0 Å². The molecule has 2 N–H and O–H groups in total. The molecule has 1 aliphatic rings. The van der Waals surface area contributed by atoms with Gasteiger partial charge in [-0.2, -0.15) is 0 Å². The van der Waals surface area contributed by atoms with E-state index in [1.54, 1.807) is 6.92 Å². The van der Waals surface area contributed by atoms with Crippen molar-refractivity contribution in [1.29, 1.82) is 0 Å². The van der Waals surface area contributed by atoms with Crippen molar-refractivity contribution in [2.75, 3.05) is 13.2 Å². The predicted molar refractivity (Wildman–Crippen MR) is 91.0 cm³/mol. The van der Waals surface area contributed by atoms with E-state index in [0.717, 1.165) is 10.5 Å². The Labute approximate surface area is 142 Å². The first-order chi connectivity index (χ1) is 11.3. The predicted octanol–water partition coefficient (Wildman–Crippen LogP) is 2.27. The molecule has 6 nitrogen and oxygen atoms in total. The number of hydrogen-bond acceptors (Lipinski definition) is 4. The number of aliphatic hydroxyl groups is 1. The molecule has 6 heteroatoms. The first kappa shape index (κ1) is 18.3. The summed E-state index contributed by atoms with van der Waals surface area (Å²) in [6, 6.07) is 7.18. The zero-order valence-electron chi connectivity index (χ0n) is 14.7. The SMILES string of the molecule is CCC1(C)NC(=O)N(CC(O)COc2ccccc2C(C)C)C1=O. The van der Waals surface area contributed by atoms with Gasteiger partial charge in [0.25, 0.3) is 5.91 Å². The van der Waals surface area contributed by atoms with Crippen LogP contribution in [0.15, 0.2) is 24.3 Å². The van der Waals surface area contributed by atoms with E-state index in [0.29, 0.717) is 18.1 Å². The van der Waals surface area contributed by atoms with E-state index in [1.807, 2.05) is 31.2 Å². The zero-order chi connectivity index (χ0) is 17.9. The lowest BCUT2D eigenvalue weighted by atomic mass is 9.99. The Morgan fingerprint density at radius 2 is 1.96 bits per heavy atom. The molecule has 2 rings (SSSR count). The van der Waals surface area contributed by atoms with Crippen LogP contribution in [0.2, 0.25) is 0 Å². The van der Waals surface area contributed by atoms with Crippen LogP contribution in [0.1, 0.15) is 45.6 Å². The number of carbonyl (C=O) groups excluding carboxylic acids is 2. The number of imide groups is 1. The van der Waals surface area contributed by atoms with Gasteiger partial charge in [-0.3, -0.25) is 9.69 Å². The highest BCUT2D eigenvalue weighted by Crippen LogP contribution is 2.26. The second-order valence-electron chi connectivity index (χ2n) is 6.69. The van der Waals surface area contributed by atoms with Gasteiger partial charge >= 0.3 is 6.03 Å². The summed E-state index contributed by atoms with van der Waals surface area (Å²) in [5.41, 5.74) is 0.167. The fourth-order valence-electron chi connectivity index (χ4n) is 2.69. The van der Waals surface area contributed by atoms with Crippen LogP contribution in [0.5, 0.6) is 5.75 Å². The number of benzene rings is 1. The van der Waals surface area contributed by atoms with Crippen LogP contribution in [0.4, 0.5) is 4.79 Å². The zero-order valence-corrected chi connectivity index (χ0v) is 14.7. The van der Waals surface area contributed by atoms with Crippen LogP contribution in [0.3, 0.4) is 0 Å². The van der Waals surface area contributed by atoms with Gasteiger partial charge < -0.3 is 15.2 Å². The topological polar surface area (TPSA) is 78.9 Å². The Morgan fingerprint density at radius 1 is 1.29 bits per heavy atom. The highest BCUT2D eigenvalue weighted by molar-refractivity contribution is 6.06. The number of carbonyl (C=O) groups is 2. The summed E-state index contributed by atoms with van der Waals surface area (Å²) >= 11 is 0. The third-order valence-electron chi connectivity index (χ3n) is 4.42. The van der Waals surface area contributed by atoms with Gasteiger partial charge in [0.2, 0.25) is 0 Å². The summed E-state index contributed by atoms with van der Waals surface area (Å²) in [5, 5.41) is 12.8. The quantitative estimate of drug-likeness (QED) is 0.750. The third-order valence-corrected chi connectivity index (χ3v) is 4.42. The van der Waals surface area contributed by atoms with E-state index >= 15 is 0 Å². The van der Waals surface area contributed by atoms with Gasteiger partial charge in [0.15, 0.2) is 0 Å². The standard InChI is InChI=1S/C18H26N2O4/c1-5-18(4)16(22)20(17(23)19-18)10-13(21)11-24-15-9-7-6-8-14(15)12(2)3/h6-9,12-13,21H,5,10-11H2,1-4H3,(H,19,23). The normalized spacial score (nSPS) is 22.0. The van der Waals surface area contributed by atoms with Gasteiger partial charge in [-0.1, -0.05) is 39.0 Å². The molecule has 0 bridgehead atoms. The fraction of sp³-hybridized carbons (Fsp3) is 0.556. The molecule has 0 spiro atoms. The van der Waals surface area contributed by atoms with E-state index in [9.17, 15) is 14.7 Å². The maximum absolute atomic E-state index is 12.3. The van der Waals surface area contributed by atoms with Crippen molar-refractivity contribution in [3.63, 3.8) is 0 Å². The number of ether oxygens (including phenoxy) is 1. The summed E-state index contributed by atoms with van der Waals surface area (Å²) in [6.07, 6.45) is -0.443. The summed E-state index contributed by atoms with van der Waals surface area (Å²) in [5.74, 6) is 0.702. The molecule has 1 aliphatic heterocycles. The molecule has 1 heterocycles. The maximum atomic E-state index is 12.3. The second kappa shape index (κ2) is 7.21. The van der Waals surface area contributed by atoms with Crippen LogP contribution >= 0.6 is 0 Å². The number of urea groups is 1. The smallest absolute Gasteiger partial charge is 0.325 e. The van der Waals surface area contributed by atoms with Gasteiger partial charge in [-0.15, -0.1) is 0 Å². The number of β-amino-alcohol motifs (C(OH)–C–C–N with tert-alkyl or cyclic N) is 1. The van der Waals surface area contributed by atoms with Crippen molar-refractivity contribution in [3.8, 4) is 5.75 Å². The summed E-state index contributed by atoms with van der Waals surface area (Å²) in [6.45, 7) is 7.60. The molecule has 3 amide bonds. The molecule has 0 radical (unpaired) electrons. The molecule has 132 valence electrons. The number of amides is 3. The summed E-state index contributed by atoms with van der Waals surface area (Å²) in [4.78, 5) is 25.3. The average molecular weight is 334 g/mol.